The second kappa shape index (κ2) is 13.2. The van der Waals surface area contributed by atoms with Crippen molar-refractivity contribution in [3.05, 3.63) is 114 Å². The van der Waals surface area contributed by atoms with Crippen molar-refractivity contribution in [3.8, 4) is 5.75 Å². The van der Waals surface area contributed by atoms with Gasteiger partial charge in [-0.2, -0.15) is 0 Å². The Balaban J connectivity index is 1.74. The van der Waals surface area contributed by atoms with Gasteiger partial charge in [0.05, 0.1) is 0 Å². The Labute approximate surface area is 229 Å². The van der Waals surface area contributed by atoms with Gasteiger partial charge in [0.25, 0.3) is 0 Å². The molecule has 4 atom stereocenters. The first-order valence-electron chi connectivity index (χ1n) is 13.1. The fraction of sp³-hybridized carbons (Fsp3) is 0.219. The van der Waals surface area contributed by atoms with Crippen LogP contribution < -0.4 is 20.7 Å². The van der Waals surface area contributed by atoms with Crippen molar-refractivity contribution in [2.24, 2.45) is 5.92 Å². The lowest BCUT2D eigenvalue weighted by Crippen LogP contribution is -2.57. The largest absolute Gasteiger partial charge is 0.483 e. The number of ether oxygens (including phenoxy) is 1. The molecule has 2 aliphatic heterocycles. The smallest absolute Gasteiger partial charge is 0.247 e. The molecule has 0 saturated heterocycles. The maximum absolute atomic E-state index is 13.9. The second-order valence-corrected chi connectivity index (χ2v) is 9.46. The summed E-state index contributed by atoms with van der Waals surface area (Å²) < 4.78 is 6.37. The molecule has 3 N–H and O–H groups in total. The molecule has 0 saturated carbocycles. The van der Waals surface area contributed by atoms with Crippen molar-refractivity contribution in [1.29, 1.82) is 0 Å². The molecule has 39 heavy (non-hydrogen) atoms. The molecule has 0 fully saturated rings. The lowest BCUT2D eigenvalue weighted by Gasteiger charge is -2.31. The van der Waals surface area contributed by atoms with Crippen LogP contribution >= 0.6 is 0 Å². The zero-order chi connectivity index (χ0) is 27.6. The summed E-state index contributed by atoms with van der Waals surface area (Å²) in [5, 5.41) is 8.51. The van der Waals surface area contributed by atoms with Crippen molar-refractivity contribution < 1.29 is 19.1 Å². The van der Waals surface area contributed by atoms with E-state index in [1.807, 2.05) is 86.6 Å². The molecule has 0 spiro atoms. The Bertz CT molecular complexity index is 1320. The van der Waals surface area contributed by atoms with Crippen LogP contribution in [0.4, 0.5) is 0 Å². The van der Waals surface area contributed by atoms with E-state index in [2.05, 4.69) is 16.0 Å². The van der Waals surface area contributed by atoms with Gasteiger partial charge in [-0.1, -0.05) is 93.1 Å². The number of fused-ring (bicyclic) bond motifs is 10. The average molecular weight is 524 g/mol. The molecule has 3 aromatic carbocycles. The number of rotatable bonds is 6. The highest BCUT2D eigenvalue weighted by Crippen LogP contribution is 2.27. The number of amides is 3. The van der Waals surface area contributed by atoms with Gasteiger partial charge >= 0.3 is 0 Å². The van der Waals surface area contributed by atoms with Gasteiger partial charge in [-0.25, -0.2) is 0 Å². The van der Waals surface area contributed by atoms with Crippen LogP contribution in [-0.2, 0) is 14.4 Å². The third-order valence-electron chi connectivity index (χ3n) is 6.68. The van der Waals surface area contributed by atoms with E-state index in [4.69, 9.17) is 4.74 Å². The Hall–Kier alpha value is -4.65. The van der Waals surface area contributed by atoms with Crippen LogP contribution in [0.2, 0.25) is 0 Å². The van der Waals surface area contributed by atoms with Crippen LogP contribution in [0.5, 0.6) is 5.75 Å². The van der Waals surface area contributed by atoms with Crippen molar-refractivity contribution >= 4 is 29.9 Å². The molecule has 2 unspecified atom stereocenters. The van der Waals surface area contributed by atoms with Gasteiger partial charge in [-0.05, 0) is 46.9 Å². The monoisotopic (exact) mass is 523 g/mol. The SMILES string of the molecule is CC[C@@H](C)[C@@H]1NC(=O)C(NC(=O)/C=C/c2ccccc2)C(c2ccccc2)Oc2ccc(cc2)/C=C\NC1=O. The fourth-order valence-corrected chi connectivity index (χ4v) is 4.25. The van der Waals surface area contributed by atoms with Gasteiger partial charge in [0.1, 0.15) is 17.8 Å². The number of nitrogens with one attached hydrogen (secondary N) is 3. The summed E-state index contributed by atoms with van der Waals surface area (Å²) in [6.45, 7) is 3.85. The van der Waals surface area contributed by atoms with Gasteiger partial charge in [0.2, 0.25) is 17.7 Å². The molecule has 3 aromatic rings. The minimum absolute atomic E-state index is 0.154. The molecule has 2 heterocycles. The Morgan fingerprint density at radius 1 is 0.949 bits per heavy atom. The summed E-state index contributed by atoms with van der Waals surface area (Å²) in [4.78, 5) is 40.1. The number of benzene rings is 3. The van der Waals surface area contributed by atoms with E-state index >= 15 is 0 Å². The third kappa shape index (κ3) is 7.45. The van der Waals surface area contributed by atoms with Crippen LogP contribution in [-0.4, -0.2) is 29.8 Å². The predicted molar refractivity (Wildman–Crippen MR) is 152 cm³/mol. The highest BCUT2D eigenvalue weighted by atomic mass is 16.5. The average Bonchev–Trinajstić information content (AvgIpc) is 2.97. The van der Waals surface area contributed by atoms with Crippen molar-refractivity contribution in [2.45, 2.75) is 38.5 Å². The molecule has 2 bridgehead atoms. The number of hydrogen-bond donors (Lipinski definition) is 3. The van der Waals surface area contributed by atoms with E-state index in [1.165, 1.54) is 6.08 Å². The maximum Gasteiger partial charge on any atom is 0.247 e. The van der Waals surface area contributed by atoms with E-state index in [9.17, 15) is 14.4 Å². The van der Waals surface area contributed by atoms with E-state index < -0.39 is 30.0 Å². The Morgan fingerprint density at radius 3 is 2.28 bits per heavy atom. The molecule has 7 nitrogen and oxygen atoms in total. The summed E-state index contributed by atoms with van der Waals surface area (Å²) >= 11 is 0. The molecular weight excluding hydrogens is 490 g/mol. The summed E-state index contributed by atoms with van der Waals surface area (Å²) in [7, 11) is 0. The fourth-order valence-electron chi connectivity index (χ4n) is 4.25. The molecular formula is C32H33N3O4. The van der Waals surface area contributed by atoms with E-state index in [0.717, 1.165) is 11.1 Å². The number of carbonyl (C=O) groups is 3. The van der Waals surface area contributed by atoms with Crippen molar-refractivity contribution in [3.63, 3.8) is 0 Å². The molecule has 3 amide bonds. The molecule has 0 aromatic heterocycles. The molecule has 200 valence electrons. The first-order valence-corrected chi connectivity index (χ1v) is 13.1. The molecule has 0 radical (unpaired) electrons. The lowest BCUT2D eigenvalue weighted by atomic mass is 9.96. The minimum Gasteiger partial charge on any atom is -0.483 e. The maximum atomic E-state index is 13.9. The van der Waals surface area contributed by atoms with Crippen LogP contribution in [0.1, 0.15) is 43.1 Å². The van der Waals surface area contributed by atoms with Gasteiger partial charge in [0.15, 0.2) is 6.10 Å². The van der Waals surface area contributed by atoms with Gasteiger partial charge < -0.3 is 20.7 Å². The van der Waals surface area contributed by atoms with E-state index in [1.54, 1.807) is 30.5 Å². The summed E-state index contributed by atoms with van der Waals surface area (Å²) in [6, 6.07) is 24.0. The van der Waals surface area contributed by atoms with Crippen molar-refractivity contribution in [2.75, 3.05) is 0 Å². The Kier molecular flexibility index (Phi) is 9.29. The van der Waals surface area contributed by atoms with Gasteiger partial charge in [-0.15, -0.1) is 0 Å². The van der Waals surface area contributed by atoms with Crippen LogP contribution in [0.25, 0.3) is 12.2 Å². The summed E-state index contributed by atoms with van der Waals surface area (Å²) in [5.41, 5.74) is 2.42. The second-order valence-electron chi connectivity index (χ2n) is 9.46. The Morgan fingerprint density at radius 2 is 1.62 bits per heavy atom. The summed E-state index contributed by atoms with van der Waals surface area (Å²) in [5.74, 6) is -0.948. The molecule has 2 aliphatic rings. The number of hydrogen-bond acceptors (Lipinski definition) is 4. The first kappa shape index (κ1) is 27.4. The van der Waals surface area contributed by atoms with Crippen LogP contribution in [0.15, 0.2) is 97.2 Å². The normalized spacial score (nSPS) is 21.2. The van der Waals surface area contributed by atoms with Crippen molar-refractivity contribution in [1.82, 2.24) is 16.0 Å². The predicted octanol–water partition coefficient (Wildman–Crippen LogP) is 4.64. The highest BCUT2D eigenvalue weighted by Gasteiger charge is 2.36. The minimum atomic E-state index is -1.14. The molecule has 0 aliphatic carbocycles. The molecule has 7 heteroatoms. The standard InChI is InChI=1S/C32H33N3O4/c1-3-22(2)28-31(37)33-21-20-24-14-17-26(18-15-24)39-30(25-12-8-5-9-13-25)29(32(38)35-28)34-27(36)19-16-23-10-6-4-7-11-23/h4-22,28-30H,3H2,1-2H3,(H,33,37)(H,34,36)(H,35,38)/b19-16+,21-20-/t22-,28+,29?,30?/m1/s1. The summed E-state index contributed by atoms with van der Waals surface area (Å²) in [6.07, 6.45) is 6.19. The zero-order valence-electron chi connectivity index (χ0n) is 22.0. The van der Waals surface area contributed by atoms with Crippen LogP contribution in [0, 0.1) is 5.92 Å². The van der Waals surface area contributed by atoms with E-state index in [-0.39, 0.29) is 11.8 Å². The molecule has 5 rings (SSSR count). The lowest BCUT2D eigenvalue weighted by molar-refractivity contribution is -0.133. The zero-order valence-corrected chi connectivity index (χ0v) is 22.0. The number of carbonyl (C=O) groups excluding carboxylic acids is 3. The quantitative estimate of drug-likeness (QED) is 0.410. The highest BCUT2D eigenvalue weighted by molar-refractivity contribution is 5.97. The van der Waals surface area contributed by atoms with Crippen LogP contribution in [0.3, 0.4) is 0 Å². The van der Waals surface area contributed by atoms with Gasteiger partial charge in [0, 0.05) is 12.3 Å². The van der Waals surface area contributed by atoms with Gasteiger partial charge in [-0.3, -0.25) is 14.4 Å². The topological polar surface area (TPSA) is 96.5 Å². The third-order valence-corrected chi connectivity index (χ3v) is 6.68. The van der Waals surface area contributed by atoms with E-state index in [0.29, 0.717) is 17.7 Å². The first-order chi connectivity index (χ1) is 18.9.